The lowest BCUT2D eigenvalue weighted by atomic mass is 10.1. The summed E-state index contributed by atoms with van der Waals surface area (Å²) >= 11 is 0. The third-order valence-corrected chi connectivity index (χ3v) is 5.46. The Kier molecular flexibility index (Phi) is 5.31. The van der Waals surface area contributed by atoms with E-state index in [0.29, 0.717) is 16.7 Å². The summed E-state index contributed by atoms with van der Waals surface area (Å²) in [7, 11) is -1.05. The van der Waals surface area contributed by atoms with Crippen molar-refractivity contribution in [3.05, 3.63) is 60.4 Å². The molecule has 0 aliphatic rings. The van der Waals surface area contributed by atoms with Gasteiger partial charge in [0.2, 0.25) is 0 Å². The number of pyridine rings is 1. The SMILES string of the molecule is COc1ncc(-c2cncc(CS(=O)(=O)c3cc(F)ccc3OC)c2)cn1. The minimum atomic E-state index is -3.84. The number of aromatic nitrogens is 3. The van der Waals surface area contributed by atoms with Gasteiger partial charge < -0.3 is 9.47 Å². The molecule has 0 aliphatic heterocycles. The molecule has 0 N–H and O–H groups in total. The number of halogens is 1. The Bertz CT molecular complexity index is 1060. The van der Waals surface area contributed by atoms with Crippen LogP contribution in [0.25, 0.3) is 11.1 Å². The second kappa shape index (κ2) is 7.67. The molecule has 1 aromatic carbocycles. The molecule has 0 unspecified atom stereocenters. The zero-order valence-electron chi connectivity index (χ0n) is 14.6. The predicted molar refractivity (Wildman–Crippen MR) is 95.7 cm³/mol. The van der Waals surface area contributed by atoms with E-state index in [1.165, 1.54) is 26.5 Å². The largest absolute Gasteiger partial charge is 0.495 e. The van der Waals surface area contributed by atoms with Crippen molar-refractivity contribution in [1.82, 2.24) is 15.0 Å². The van der Waals surface area contributed by atoms with E-state index >= 15 is 0 Å². The molecule has 0 saturated heterocycles. The molecule has 2 heterocycles. The Hall–Kier alpha value is -3.07. The average Bonchev–Trinajstić information content (AvgIpc) is 2.68. The van der Waals surface area contributed by atoms with Crippen LogP contribution in [0.3, 0.4) is 0 Å². The van der Waals surface area contributed by atoms with Crippen LogP contribution in [-0.2, 0) is 15.6 Å². The van der Waals surface area contributed by atoms with E-state index in [1.807, 2.05) is 0 Å². The number of rotatable bonds is 6. The Labute approximate surface area is 155 Å². The van der Waals surface area contributed by atoms with Gasteiger partial charge >= 0.3 is 6.01 Å². The maximum atomic E-state index is 13.5. The molecule has 0 fully saturated rings. The number of hydrogen-bond donors (Lipinski definition) is 0. The van der Waals surface area contributed by atoms with Crippen LogP contribution in [0.1, 0.15) is 5.56 Å². The number of benzene rings is 1. The molecular formula is C18H16FN3O4S. The van der Waals surface area contributed by atoms with Crippen LogP contribution < -0.4 is 9.47 Å². The summed E-state index contributed by atoms with van der Waals surface area (Å²) in [6, 6.07) is 5.27. The Balaban J connectivity index is 1.92. The van der Waals surface area contributed by atoms with E-state index in [4.69, 9.17) is 9.47 Å². The quantitative estimate of drug-likeness (QED) is 0.640. The number of ether oxygens (including phenoxy) is 2. The van der Waals surface area contributed by atoms with Crippen molar-refractivity contribution in [3.8, 4) is 22.9 Å². The molecule has 0 spiro atoms. The van der Waals surface area contributed by atoms with Crippen molar-refractivity contribution in [3.63, 3.8) is 0 Å². The maximum absolute atomic E-state index is 13.5. The molecule has 0 atom stereocenters. The first kappa shape index (κ1) is 18.7. The van der Waals surface area contributed by atoms with Gasteiger partial charge in [0.15, 0.2) is 9.84 Å². The van der Waals surface area contributed by atoms with Gasteiger partial charge in [0, 0.05) is 35.9 Å². The lowest BCUT2D eigenvalue weighted by molar-refractivity contribution is 0.380. The van der Waals surface area contributed by atoms with E-state index < -0.39 is 15.7 Å². The summed E-state index contributed by atoms with van der Waals surface area (Å²) in [5, 5.41) is 0. The van der Waals surface area contributed by atoms with Gasteiger partial charge in [-0.1, -0.05) is 0 Å². The van der Waals surface area contributed by atoms with Crippen LogP contribution >= 0.6 is 0 Å². The second-order valence-corrected chi connectivity index (χ2v) is 7.55. The molecule has 140 valence electrons. The summed E-state index contributed by atoms with van der Waals surface area (Å²) < 4.78 is 49.0. The molecule has 0 aliphatic carbocycles. The topological polar surface area (TPSA) is 91.3 Å². The summed E-state index contributed by atoms with van der Waals surface area (Å²) in [5.41, 5.74) is 1.75. The fraction of sp³-hybridized carbons (Fsp3) is 0.167. The molecule has 0 saturated carbocycles. The Morgan fingerprint density at radius 2 is 1.70 bits per heavy atom. The molecule has 7 nitrogen and oxygen atoms in total. The maximum Gasteiger partial charge on any atom is 0.316 e. The number of nitrogens with zero attached hydrogens (tertiary/aromatic N) is 3. The monoisotopic (exact) mass is 389 g/mol. The lowest BCUT2D eigenvalue weighted by Crippen LogP contribution is -2.08. The zero-order chi connectivity index (χ0) is 19.4. The highest BCUT2D eigenvalue weighted by Crippen LogP contribution is 2.28. The Morgan fingerprint density at radius 1 is 0.963 bits per heavy atom. The molecule has 3 aromatic rings. The van der Waals surface area contributed by atoms with Crippen LogP contribution in [0.4, 0.5) is 4.39 Å². The van der Waals surface area contributed by atoms with Crippen molar-refractivity contribution < 1.29 is 22.3 Å². The molecule has 0 bridgehead atoms. The molecule has 0 radical (unpaired) electrons. The van der Waals surface area contributed by atoms with Gasteiger partial charge in [-0.3, -0.25) is 4.98 Å². The molecule has 3 rings (SSSR count). The normalized spacial score (nSPS) is 11.2. The van der Waals surface area contributed by atoms with Crippen LogP contribution in [-0.4, -0.2) is 37.6 Å². The predicted octanol–water partition coefficient (Wildman–Crippen LogP) is 2.67. The molecule has 27 heavy (non-hydrogen) atoms. The van der Waals surface area contributed by atoms with Gasteiger partial charge in [0.25, 0.3) is 0 Å². The average molecular weight is 389 g/mol. The van der Waals surface area contributed by atoms with Gasteiger partial charge in [-0.15, -0.1) is 0 Å². The van der Waals surface area contributed by atoms with Crippen molar-refractivity contribution in [2.24, 2.45) is 0 Å². The van der Waals surface area contributed by atoms with E-state index in [-0.39, 0.29) is 22.4 Å². The summed E-state index contributed by atoms with van der Waals surface area (Å²) in [6.07, 6.45) is 6.12. The van der Waals surface area contributed by atoms with E-state index in [2.05, 4.69) is 15.0 Å². The smallest absolute Gasteiger partial charge is 0.316 e. The van der Waals surface area contributed by atoms with Crippen molar-refractivity contribution in [2.45, 2.75) is 10.6 Å². The van der Waals surface area contributed by atoms with Crippen molar-refractivity contribution in [1.29, 1.82) is 0 Å². The first-order valence-corrected chi connectivity index (χ1v) is 9.45. The highest BCUT2D eigenvalue weighted by molar-refractivity contribution is 7.90. The summed E-state index contributed by atoms with van der Waals surface area (Å²) in [5.74, 6) is -0.925. The standard InChI is InChI=1S/C18H16FN3O4S/c1-25-16-4-3-15(19)6-17(16)27(23,24)11-12-5-13(8-20-7-12)14-9-21-18(26-2)22-10-14/h3-10H,11H2,1-2H3. The van der Waals surface area contributed by atoms with E-state index in [0.717, 1.165) is 12.1 Å². The number of sulfone groups is 1. The van der Waals surface area contributed by atoms with Crippen LogP contribution in [0, 0.1) is 5.82 Å². The van der Waals surface area contributed by atoms with Crippen LogP contribution in [0.5, 0.6) is 11.8 Å². The minimum absolute atomic E-state index is 0.0871. The van der Waals surface area contributed by atoms with Crippen molar-refractivity contribution >= 4 is 9.84 Å². The summed E-state index contributed by atoms with van der Waals surface area (Å²) in [4.78, 5) is 11.9. The van der Waals surface area contributed by atoms with Crippen molar-refractivity contribution in [2.75, 3.05) is 14.2 Å². The highest BCUT2D eigenvalue weighted by atomic mass is 32.2. The number of methoxy groups -OCH3 is 2. The Morgan fingerprint density at radius 3 is 2.37 bits per heavy atom. The fourth-order valence-corrected chi connectivity index (χ4v) is 3.99. The van der Waals surface area contributed by atoms with Crippen LogP contribution in [0.15, 0.2) is 53.9 Å². The third kappa shape index (κ3) is 4.20. The van der Waals surface area contributed by atoms with Gasteiger partial charge in [-0.05, 0) is 29.8 Å². The zero-order valence-corrected chi connectivity index (χ0v) is 15.4. The first-order chi connectivity index (χ1) is 12.9. The molecular weight excluding hydrogens is 373 g/mol. The molecule has 0 amide bonds. The van der Waals surface area contributed by atoms with E-state index in [1.54, 1.807) is 24.7 Å². The van der Waals surface area contributed by atoms with E-state index in [9.17, 15) is 12.8 Å². The molecule has 9 heteroatoms. The fourth-order valence-electron chi connectivity index (χ4n) is 2.49. The van der Waals surface area contributed by atoms with Gasteiger partial charge in [0.05, 0.1) is 20.0 Å². The van der Waals surface area contributed by atoms with Gasteiger partial charge in [0.1, 0.15) is 16.5 Å². The highest BCUT2D eigenvalue weighted by Gasteiger charge is 2.21. The minimum Gasteiger partial charge on any atom is -0.495 e. The first-order valence-electron chi connectivity index (χ1n) is 7.79. The summed E-state index contributed by atoms with van der Waals surface area (Å²) in [6.45, 7) is 0. The lowest BCUT2D eigenvalue weighted by Gasteiger charge is -2.10. The number of hydrogen-bond acceptors (Lipinski definition) is 7. The van der Waals surface area contributed by atoms with Crippen LogP contribution in [0.2, 0.25) is 0 Å². The third-order valence-electron chi connectivity index (χ3n) is 3.76. The van der Waals surface area contributed by atoms with Gasteiger partial charge in [-0.2, -0.15) is 0 Å². The molecule has 2 aromatic heterocycles. The second-order valence-electron chi connectivity index (χ2n) is 5.59. The van der Waals surface area contributed by atoms with Gasteiger partial charge in [-0.25, -0.2) is 22.8 Å².